The molecule has 0 aliphatic heterocycles. The molecule has 0 saturated carbocycles. The topological polar surface area (TPSA) is 29.1 Å². The predicted octanol–water partition coefficient (Wildman–Crippen LogP) is 3.99. The van der Waals surface area contributed by atoms with Gasteiger partial charge in [0.2, 0.25) is 0 Å². The van der Waals surface area contributed by atoms with E-state index in [0.29, 0.717) is 6.54 Å². The van der Waals surface area contributed by atoms with Crippen molar-refractivity contribution in [3.63, 3.8) is 0 Å². The summed E-state index contributed by atoms with van der Waals surface area (Å²) in [5.74, 6) is 0.00503. The van der Waals surface area contributed by atoms with E-state index in [0.717, 1.165) is 9.35 Å². The molecule has 1 aliphatic rings. The smallest absolute Gasteiger partial charge is 0.262 e. The van der Waals surface area contributed by atoms with Gasteiger partial charge in [-0.1, -0.05) is 0 Å². The van der Waals surface area contributed by atoms with E-state index in [1.165, 1.54) is 45.9 Å². The summed E-state index contributed by atoms with van der Waals surface area (Å²) in [7, 11) is 0. The van der Waals surface area contributed by atoms with Crippen LogP contribution in [0.15, 0.2) is 22.0 Å². The summed E-state index contributed by atoms with van der Waals surface area (Å²) in [4.78, 5) is 15.5. The number of thiophene rings is 2. The molecule has 94 valence electrons. The largest absolute Gasteiger partial charge is 0.346 e. The van der Waals surface area contributed by atoms with Gasteiger partial charge in [-0.3, -0.25) is 4.79 Å². The molecule has 0 unspecified atom stereocenters. The minimum atomic E-state index is 0.00503. The Morgan fingerprint density at radius 1 is 1.44 bits per heavy atom. The zero-order valence-corrected chi connectivity index (χ0v) is 12.9. The number of nitrogens with one attached hydrogen (secondary N) is 1. The minimum Gasteiger partial charge on any atom is -0.346 e. The maximum Gasteiger partial charge on any atom is 0.262 e. The van der Waals surface area contributed by atoms with Gasteiger partial charge in [0.25, 0.3) is 5.91 Å². The molecule has 0 saturated heterocycles. The van der Waals surface area contributed by atoms with Crippen LogP contribution in [0.25, 0.3) is 0 Å². The number of carbonyl (C=O) groups is 1. The van der Waals surface area contributed by atoms with Crippen LogP contribution in [0.3, 0.4) is 0 Å². The molecule has 1 aliphatic carbocycles. The van der Waals surface area contributed by atoms with Crippen molar-refractivity contribution in [2.45, 2.75) is 25.8 Å². The SMILES string of the molecule is O=C(NCc1cc2c(s1)CCC2)c1sccc1Br. The van der Waals surface area contributed by atoms with Crippen molar-refractivity contribution in [3.05, 3.63) is 42.2 Å². The summed E-state index contributed by atoms with van der Waals surface area (Å²) in [6.45, 7) is 0.640. The Morgan fingerprint density at radius 3 is 3.06 bits per heavy atom. The summed E-state index contributed by atoms with van der Waals surface area (Å²) >= 11 is 6.69. The van der Waals surface area contributed by atoms with Gasteiger partial charge in [0.15, 0.2) is 0 Å². The molecule has 5 heteroatoms. The van der Waals surface area contributed by atoms with Crippen molar-refractivity contribution in [2.24, 2.45) is 0 Å². The van der Waals surface area contributed by atoms with Gasteiger partial charge >= 0.3 is 0 Å². The first-order chi connectivity index (χ1) is 8.74. The predicted molar refractivity (Wildman–Crippen MR) is 79.5 cm³/mol. The second kappa shape index (κ2) is 5.15. The number of hydrogen-bond donors (Lipinski definition) is 1. The Hall–Kier alpha value is -0.650. The zero-order chi connectivity index (χ0) is 12.5. The van der Waals surface area contributed by atoms with Crippen molar-refractivity contribution in [1.29, 1.82) is 0 Å². The van der Waals surface area contributed by atoms with Gasteiger partial charge < -0.3 is 5.32 Å². The highest BCUT2D eigenvalue weighted by Crippen LogP contribution is 2.30. The first kappa shape index (κ1) is 12.4. The second-order valence-electron chi connectivity index (χ2n) is 4.30. The van der Waals surface area contributed by atoms with Crippen LogP contribution in [-0.2, 0) is 19.4 Å². The highest BCUT2D eigenvalue weighted by atomic mass is 79.9. The van der Waals surface area contributed by atoms with Gasteiger partial charge in [-0.15, -0.1) is 22.7 Å². The normalized spacial score (nSPS) is 13.6. The molecule has 18 heavy (non-hydrogen) atoms. The third-order valence-electron chi connectivity index (χ3n) is 3.04. The van der Waals surface area contributed by atoms with E-state index >= 15 is 0 Å². The highest BCUT2D eigenvalue weighted by Gasteiger charge is 2.16. The Kier molecular flexibility index (Phi) is 3.54. The first-order valence-corrected chi connectivity index (χ1v) is 8.34. The molecule has 0 spiro atoms. The lowest BCUT2D eigenvalue weighted by atomic mass is 10.2. The minimum absolute atomic E-state index is 0.00503. The molecule has 2 nitrogen and oxygen atoms in total. The standard InChI is InChI=1S/C13H12BrNOS2/c14-10-4-5-17-12(10)13(16)15-7-9-6-8-2-1-3-11(8)18-9/h4-6H,1-3,7H2,(H,15,16). The fourth-order valence-corrected chi connectivity index (χ4v) is 4.85. The lowest BCUT2D eigenvalue weighted by Crippen LogP contribution is -2.21. The summed E-state index contributed by atoms with van der Waals surface area (Å²) in [6, 6.07) is 4.15. The van der Waals surface area contributed by atoms with Crippen LogP contribution in [0.2, 0.25) is 0 Å². The highest BCUT2D eigenvalue weighted by molar-refractivity contribution is 9.10. The van der Waals surface area contributed by atoms with Crippen LogP contribution in [-0.4, -0.2) is 5.91 Å². The van der Waals surface area contributed by atoms with E-state index in [1.807, 2.05) is 22.8 Å². The maximum atomic E-state index is 11.9. The van der Waals surface area contributed by atoms with Crippen LogP contribution >= 0.6 is 38.6 Å². The summed E-state index contributed by atoms with van der Waals surface area (Å²) < 4.78 is 0.874. The molecule has 0 fully saturated rings. The van der Waals surface area contributed by atoms with Crippen LogP contribution in [0.5, 0.6) is 0 Å². The van der Waals surface area contributed by atoms with Gasteiger partial charge in [0.05, 0.1) is 6.54 Å². The molecular formula is C13H12BrNOS2. The van der Waals surface area contributed by atoms with Gasteiger partial charge in [-0.05, 0) is 58.3 Å². The quantitative estimate of drug-likeness (QED) is 0.898. The zero-order valence-electron chi connectivity index (χ0n) is 9.66. The Morgan fingerprint density at radius 2 is 2.33 bits per heavy atom. The maximum absolute atomic E-state index is 11.9. The number of halogens is 1. The fraction of sp³-hybridized carbons (Fsp3) is 0.308. The van der Waals surface area contributed by atoms with E-state index in [-0.39, 0.29) is 5.91 Å². The van der Waals surface area contributed by atoms with Crippen molar-refractivity contribution in [1.82, 2.24) is 5.32 Å². The van der Waals surface area contributed by atoms with Crippen molar-refractivity contribution in [2.75, 3.05) is 0 Å². The van der Waals surface area contributed by atoms with E-state index in [4.69, 9.17) is 0 Å². The Bertz CT molecular complexity index is 566. The molecule has 2 heterocycles. The van der Waals surface area contributed by atoms with Crippen LogP contribution in [0, 0.1) is 0 Å². The molecule has 0 radical (unpaired) electrons. The molecule has 0 bridgehead atoms. The summed E-state index contributed by atoms with van der Waals surface area (Å²) in [5, 5.41) is 4.90. The molecule has 0 atom stereocenters. The van der Waals surface area contributed by atoms with E-state index in [2.05, 4.69) is 27.3 Å². The number of fused-ring (bicyclic) bond motifs is 1. The Labute approximate surface area is 122 Å². The average Bonchev–Trinajstić information content (AvgIpc) is 3.00. The molecule has 2 aromatic rings. The average molecular weight is 342 g/mol. The third kappa shape index (κ3) is 2.39. The van der Waals surface area contributed by atoms with Crippen LogP contribution in [0.1, 0.15) is 31.4 Å². The molecule has 3 rings (SSSR count). The van der Waals surface area contributed by atoms with Crippen LogP contribution in [0.4, 0.5) is 0 Å². The summed E-state index contributed by atoms with van der Waals surface area (Å²) in [6.07, 6.45) is 3.70. The molecule has 1 amide bonds. The molecule has 2 aromatic heterocycles. The molecule has 1 N–H and O–H groups in total. The lowest BCUT2D eigenvalue weighted by Gasteiger charge is -2.02. The number of hydrogen-bond acceptors (Lipinski definition) is 3. The third-order valence-corrected chi connectivity index (χ3v) is 6.12. The number of amides is 1. The van der Waals surface area contributed by atoms with Gasteiger partial charge in [0.1, 0.15) is 4.88 Å². The fourth-order valence-electron chi connectivity index (χ4n) is 2.18. The number of aryl methyl sites for hydroxylation is 2. The number of rotatable bonds is 3. The summed E-state index contributed by atoms with van der Waals surface area (Å²) in [5.41, 5.74) is 1.49. The van der Waals surface area contributed by atoms with Gasteiger partial charge in [0, 0.05) is 14.2 Å². The van der Waals surface area contributed by atoms with E-state index in [9.17, 15) is 4.79 Å². The molecular weight excluding hydrogens is 330 g/mol. The first-order valence-electron chi connectivity index (χ1n) is 5.85. The molecule has 0 aromatic carbocycles. The monoisotopic (exact) mass is 341 g/mol. The van der Waals surface area contributed by atoms with Gasteiger partial charge in [-0.25, -0.2) is 0 Å². The van der Waals surface area contributed by atoms with E-state index < -0.39 is 0 Å². The lowest BCUT2D eigenvalue weighted by molar-refractivity contribution is 0.0954. The van der Waals surface area contributed by atoms with Crippen molar-refractivity contribution in [3.8, 4) is 0 Å². The number of carbonyl (C=O) groups excluding carboxylic acids is 1. The van der Waals surface area contributed by atoms with Crippen molar-refractivity contribution < 1.29 is 4.79 Å². The second-order valence-corrected chi connectivity index (χ2v) is 7.29. The Balaban J connectivity index is 1.64. The van der Waals surface area contributed by atoms with Crippen LogP contribution < -0.4 is 5.32 Å². The van der Waals surface area contributed by atoms with E-state index in [1.54, 1.807) is 0 Å². The van der Waals surface area contributed by atoms with Gasteiger partial charge in [-0.2, -0.15) is 0 Å². The van der Waals surface area contributed by atoms with Crippen molar-refractivity contribution >= 4 is 44.5 Å².